The Labute approximate surface area is 171 Å². The quantitative estimate of drug-likeness (QED) is 0.310. The number of fused-ring (bicyclic) bond motifs is 1. The van der Waals surface area contributed by atoms with Crippen molar-refractivity contribution in [1.82, 2.24) is 9.88 Å². The van der Waals surface area contributed by atoms with E-state index in [0.29, 0.717) is 0 Å². The third kappa shape index (κ3) is 2.68. The summed E-state index contributed by atoms with van der Waals surface area (Å²) in [6.45, 7) is 2.50. The summed E-state index contributed by atoms with van der Waals surface area (Å²) in [6.07, 6.45) is 2.52. The van der Waals surface area contributed by atoms with Gasteiger partial charge in [0.1, 0.15) is 0 Å². The number of nitrogens with two attached hydrogens (primary N) is 1. The number of sulfone groups is 1. The van der Waals surface area contributed by atoms with Gasteiger partial charge in [-0.3, -0.25) is 14.6 Å². The van der Waals surface area contributed by atoms with Crippen LogP contribution in [0.25, 0.3) is 6.08 Å². The van der Waals surface area contributed by atoms with Gasteiger partial charge in [0.2, 0.25) is 5.91 Å². The molecule has 2 aliphatic heterocycles. The van der Waals surface area contributed by atoms with Crippen LogP contribution in [-0.4, -0.2) is 52.2 Å². The number of pyridine rings is 1. The van der Waals surface area contributed by atoms with Gasteiger partial charge in [0.25, 0.3) is 5.91 Å². The number of hydrogen-bond acceptors (Lipinski definition) is 7. The van der Waals surface area contributed by atoms with Gasteiger partial charge in [-0.25, -0.2) is 8.42 Å². The molecule has 2 N–H and O–H groups in total. The molecule has 26 heavy (non-hydrogen) atoms. The van der Waals surface area contributed by atoms with Crippen LogP contribution in [0.3, 0.4) is 0 Å². The summed E-state index contributed by atoms with van der Waals surface area (Å²) >= 11 is 0. The van der Waals surface area contributed by atoms with Gasteiger partial charge in [-0.15, -0.1) is 0 Å². The first-order valence-electron chi connectivity index (χ1n) is 7.24. The van der Waals surface area contributed by atoms with E-state index < -0.39 is 43.8 Å². The second kappa shape index (κ2) is 6.45. The van der Waals surface area contributed by atoms with Crippen molar-refractivity contribution in [3.05, 3.63) is 35.2 Å². The van der Waals surface area contributed by atoms with E-state index in [4.69, 9.17) is 5.73 Å². The molecule has 2 fully saturated rings. The van der Waals surface area contributed by atoms with Crippen molar-refractivity contribution >= 4 is 33.7 Å². The molecule has 1 aromatic heterocycles. The van der Waals surface area contributed by atoms with Crippen molar-refractivity contribution in [2.24, 2.45) is 5.73 Å². The Bertz CT molecular complexity index is 956. The number of nitrogens with zero attached hydrogens (tertiary/aromatic N) is 2. The van der Waals surface area contributed by atoms with E-state index >= 15 is 0 Å². The third-order valence-corrected chi connectivity index (χ3v) is 7.32. The average molecular weight is 387 g/mol. The van der Waals surface area contributed by atoms with Crippen LogP contribution in [0.4, 0.5) is 0 Å². The summed E-state index contributed by atoms with van der Waals surface area (Å²) in [5.74, 6) is -3.05. The number of hydrogen-bond donors (Lipinski definition) is 1. The monoisotopic (exact) mass is 387 g/mol. The van der Waals surface area contributed by atoms with Gasteiger partial charge in [-0.1, -0.05) is 0 Å². The number of primary amides is 1. The zero-order chi connectivity index (χ0) is 18.7. The normalized spacial score (nSPS) is 26.6. The zero-order valence-electron chi connectivity index (χ0n) is 14.3. The molecule has 0 saturated carbocycles. The molecule has 0 bridgehead atoms. The summed E-state index contributed by atoms with van der Waals surface area (Å²) in [6, 6.07) is 1.12. The number of carboxylic acid groups (broad SMARTS) is 1. The standard InChI is InChI=1S/C15H15N3O6S.Na/c1-15(2)10(14(21)22)18-12(20)9(13(18)25(15,23)24)6-8-5-7(11(16)19)3-4-17-8;/h3-6,10,13H,1-2H3,(H2,16,19)(H,21,22);/q;+1/p-1/b9-6-;/t10-,13+;/m0./s1. The minimum atomic E-state index is -3.99. The molecular weight excluding hydrogens is 373 g/mol. The van der Waals surface area contributed by atoms with E-state index in [1.807, 2.05) is 0 Å². The molecule has 3 rings (SSSR count). The number of aromatic nitrogens is 1. The summed E-state index contributed by atoms with van der Waals surface area (Å²) < 4.78 is 23.7. The number of amides is 2. The molecule has 2 saturated heterocycles. The van der Waals surface area contributed by atoms with Crippen LogP contribution in [0.5, 0.6) is 0 Å². The van der Waals surface area contributed by atoms with Gasteiger partial charge >= 0.3 is 29.6 Å². The van der Waals surface area contributed by atoms with Crippen molar-refractivity contribution in [2.75, 3.05) is 0 Å². The summed E-state index contributed by atoms with van der Waals surface area (Å²) in [5, 5.41) is 9.99. The van der Waals surface area contributed by atoms with E-state index in [2.05, 4.69) is 4.98 Å². The van der Waals surface area contributed by atoms with Crippen LogP contribution < -0.4 is 40.4 Å². The number of aliphatic carboxylic acids is 1. The first-order chi connectivity index (χ1) is 11.5. The van der Waals surface area contributed by atoms with Crippen LogP contribution in [0.2, 0.25) is 0 Å². The number of carboxylic acids is 1. The molecule has 2 amide bonds. The Morgan fingerprint density at radius 2 is 2.00 bits per heavy atom. The first kappa shape index (κ1) is 20.6. The molecule has 132 valence electrons. The fourth-order valence-corrected chi connectivity index (χ4v) is 5.28. The molecular formula is C15H14N3NaO6S. The zero-order valence-corrected chi connectivity index (χ0v) is 17.1. The smallest absolute Gasteiger partial charge is 0.548 e. The second-order valence-corrected chi connectivity index (χ2v) is 8.96. The molecule has 0 unspecified atom stereocenters. The van der Waals surface area contributed by atoms with Crippen LogP contribution in [0.15, 0.2) is 23.9 Å². The van der Waals surface area contributed by atoms with E-state index in [-0.39, 0.29) is 46.4 Å². The largest absolute Gasteiger partial charge is 1.00 e. The molecule has 2 aliphatic rings. The van der Waals surface area contributed by atoms with Gasteiger partial charge in [0.15, 0.2) is 15.2 Å². The number of β-lactam (4-membered cyclic amide) rings is 1. The summed E-state index contributed by atoms with van der Waals surface area (Å²) in [7, 11) is -3.99. The Kier molecular flexibility index (Phi) is 5.10. The van der Waals surface area contributed by atoms with Crippen molar-refractivity contribution in [3.63, 3.8) is 0 Å². The number of rotatable bonds is 3. The van der Waals surface area contributed by atoms with Gasteiger partial charge in [-0.2, -0.15) is 0 Å². The Morgan fingerprint density at radius 3 is 2.54 bits per heavy atom. The molecule has 11 heteroatoms. The van der Waals surface area contributed by atoms with Gasteiger partial charge in [0.05, 0.1) is 28.0 Å². The van der Waals surface area contributed by atoms with E-state index in [1.54, 1.807) is 0 Å². The van der Waals surface area contributed by atoms with Crippen molar-refractivity contribution in [1.29, 1.82) is 0 Å². The molecule has 0 aliphatic carbocycles. The topological polar surface area (TPSA) is 151 Å². The molecule has 2 atom stereocenters. The predicted molar refractivity (Wildman–Crippen MR) is 83.2 cm³/mol. The molecule has 0 aromatic carbocycles. The van der Waals surface area contributed by atoms with E-state index in [9.17, 15) is 27.9 Å². The average Bonchev–Trinajstić information content (AvgIpc) is 2.66. The molecule has 1 aromatic rings. The molecule has 0 radical (unpaired) electrons. The maximum atomic E-state index is 12.7. The predicted octanol–water partition coefficient (Wildman–Crippen LogP) is -4.94. The summed E-state index contributed by atoms with van der Waals surface area (Å²) in [4.78, 5) is 39.7. The Hall–Kier alpha value is -1.75. The second-order valence-electron chi connectivity index (χ2n) is 6.37. The molecule has 3 heterocycles. The van der Waals surface area contributed by atoms with Crippen molar-refractivity contribution in [2.45, 2.75) is 30.0 Å². The van der Waals surface area contributed by atoms with Crippen LogP contribution in [0.1, 0.15) is 29.9 Å². The maximum Gasteiger partial charge on any atom is 1.00 e. The molecule has 0 spiro atoms. The first-order valence-corrected chi connectivity index (χ1v) is 8.79. The van der Waals surface area contributed by atoms with Crippen molar-refractivity contribution < 1.29 is 57.5 Å². The van der Waals surface area contributed by atoms with Crippen molar-refractivity contribution in [3.8, 4) is 0 Å². The third-order valence-electron chi connectivity index (χ3n) is 4.56. The number of carbonyl (C=O) groups is 3. The van der Waals surface area contributed by atoms with E-state index in [0.717, 1.165) is 4.90 Å². The number of carbonyl (C=O) groups excluding carboxylic acids is 3. The minimum absolute atomic E-state index is 0. The fourth-order valence-electron chi connectivity index (χ4n) is 3.16. The molecule has 9 nitrogen and oxygen atoms in total. The maximum absolute atomic E-state index is 12.7. The van der Waals surface area contributed by atoms with E-state index in [1.165, 1.54) is 38.3 Å². The Balaban J connectivity index is 0.00000243. The van der Waals surface area contributed by atoms with Gasteiger partial charge in [-0.05, 0) is 32.1 Å². The van der Waals surface area contributed by atoms with Crippen LogP contribution in [-0.2, 0) is 19.4 Å². The van der Waals surface area contributed by atoms with Gasteiger partial charge < -0.3 is 20.5 Å². The SMILES string of the molecule is CC1(C)[C@H](C(=O)[O-])N2C(=O)/C(=C/c3cc(C(N)=O)ccn3)[C@H]2S1(=O)=O.[Na+]. The summed E-state index contributed by atoms with van der Waals surface area (Å²) in [5.41, 5.74) is 5.38. The van der Waals surface area contributed by atoms with Gasteiger partial charge in [0, 0.05) is 11.8 Å². The van der Waals surface area contributed by atoms with Crippen LogP contribution in [0, 0.1) is 0 Å². The Morgan fingerprint density at radius 1 is 1.38 bits per heavy atom. The van der Waals surface area contributed by atoms with Crippen LogP contribution >= 0.6 is 0 Å². The minimum Gasteiger partial charge on any atom is -0.548 e. The fraction of sp³-hybridized carbons (Fsp3) is 0.333.